The summed E-state index contributed by atoms with van der Waals surface area (Å²) in [5.41, 5.74) is 8.39. The zero-order chi connectivity index (χ0) is 11.7. The summed E-state index contributed by atoms with van der Waals surface area (Å²) in [5, 5.41) is 9.92. The molecule has 0 fully saturated rings. The lowest BCUT2D eigenvalue weighted by Crippen LogP contribution is -1.88. The minimum atomic E-state index is 0.745. The van der Waals surface area contributed by atoms with Gasteiger partial charge >= 0.3 is 0 Å². The maximum Gasteiger partial charge on any atom is 0.178 e. The lowest BCUT2D eigenvalue weighted by Gasteiger charge is -2.05. The van der Waals surface area contributed by atoms with E-state index in [0.29, 0.717) is 0 Å². The average molecular weight is 260 g/mol. The summed E-state index contributed by atoms with van der Waals surface area (Å²) >= 11 is 3.12. The molecule has 0 saturated carbocycles. The van der Waals surface area contributed by atoms with Crippen molar-refractivity contribution in [3.05, 3.63) is 36.1 Å². The van der Waals surface area contributed by atoms with E-state index in [9.17, 15) is 0 Å². The molecule has 2 heterocycles. The second-order valence-corrected chi connectivity index (χ2v) is 5.50. The molecule has 0 saturated heterocycles. The van der Waals surface area contributed by atoms with E-state index in [0.717, 1.165) is 25.7 Å². The largest absolute Gasteiger partial charge is 0.398 e. The van der Waals surface area contributed by atoms with Crippen LogP contribution in [0.25, 0.3) is 10.8 Å². The number of pyridine rings is 1. The molecule has 0 aliphatic heterocycles. The Morgan fingerprint density at radius 3 is 2.94 bits per heavy atom. The van der Waals surface area contributed by atoms with E-state index < -0.39 is 0 Å². The van der Waals surface area contributed by atoms with Gasteiger partial charge in [-0.05, 0) is 18.2 Å². The summed E-state index contributed by atoms with van der Waals surface area (Å²) in [6.45, 7) is 0. The summed E-state index contributed by atoms with van der Waals surface area (Å²) in [6.07, 6.45) is 3.56. The van der Waals surface area contributed by atoms with Gasteiger partial charge in [-0.1, -0.05) is 23.1 Å². The number of nitrogens with zero attached hydrogens (tertiary/aromatic N) is 3. The summed E-state index contributed by atoms with van der Waals surface area (Å²) in [7, 11) is 0. The second-order valence-electron chi connectivity index (χ2n) is 3.38. The van der Waals surface area contributed by atoms with Gasteiger partial charge in [0.25, 0.3) is 0 Å². The number of anilines is 1. The number of nitrogen functional groups attached to an aromatic ring is 1. The smallest absolute Gasteiger partial charge is 0.178 e. The summed E-state index contributed by atoms with van der Waals surface area (Å²) < 4.78 is 0.924. The van der Waals surface area contributed by atoms with E-state index in [1.807, 2.05) is 18.2 Å². The van der Waals surface area contributed by atoms with Gasteiger partial charge in [-0.3, -0.25) is 4.98 Å². The van der Waals surface area contributed by atoms with Gasteiger partial charge in [-0.25, -0.2) is 0 Å². The maximum atomic E-state index is 5.92. The fraction of sp³-hybridized carbons (Fsp3) is 0. The van der Waals surface area contributed by atoms with Crippen LogP contribution in [-0.2, 0) is 0 Å². The molecule has 4 nitrogen and oxygen atoms in total. The molecule has 0 amide bonds. The Kier molecular flexibility index (Phi) is 2.66. The molecule has 84 valence electrons. The zero-order valence-electron chi connectivity index (χ0n) is 8.70. The normalized spacial score (nSPS) is 10.8. The molecule has 1 aromatic carbocycles. The van der Waals surface area contributed by atoms with Crippen LogP contribution in [0.1, 0.15) is 0 Å². The Morgan fingerprint density at radius 2 is 2.12 bits per heavy atom. The molecule has 3 rings (SSSR count). The third kappa shape index (κ3) is 1.96. The molecule has 2 aromatic heterocycles. The van der Waals surface area contributed by atoms with Crippen LogP contribution in [-0.4, -0.2) is 15.2 Å². The SMILES string of the molecule is Nc1ccc(Sc2nncs2)c2ccncc12. The summed E-state index contributed by atoms with van der Waals surface area (Å²) in [5.74, 6) is 0. The molecule has 0 atom stereocenters. The van der Waals surface area contributed by atoms with E-state index in [1.54, 1.807) is 29.7 Å². The predicted octanol–water partition coefficient (Wildman–Crippen LogP) is 2.82. The second kappa shape index (κ2) is 4.31. The first-order chi connectivity index (χ1) is 8.34. The highest BCUT2D eigenvalue weighted by Crippen LogP contribution is 2.35. The molecule has 0 aliphatic rings. The minimum absolute atomic E-state index is 0.745. The number of nitrogens with two attached hydrogens (primary N) is 1. The molecule has 0 bridgehead atoms. The van der Waals surface area contributed by atoms with E-state index in [-0.39, 0.29) is 0 Å². The molecule has 0 aliphatic carbocycles. The topological polar surface area (TPSA) is 64.7 Å². The fourth-order valence-electron chi connectivity index (χ4n) is 1.57. The molecule has 17 heavy (non-hydrogen) atoms. The van der Waals surface area contributed by atoms with Gasteiger partial charge in [0.1, 0.15) is 5.51 Å². The van der Waals surface area contributed by atoms with Crippen molar-refractivity contribution in [2.45, 2.75) is 9.24 Å². The Morgan fingerprint density at radius 1 is 1.18 bits per heavy atom. The number of hydrogen-bond donors (Lipinski definition) is 1. The quantitative estimate of drug-likeness (QED) is 0.718. The van der Waals surface area contributed by atoms with Crippen LogP contribution in [0.15, 0.2) is 45.3 Å². The minimum Gasteiger partial charge on any atom is -0.398 e. The van der Waals surface area contributed by atoms with Gasteiger partial charge in [0, 0.05) is 33.7 Å². The Labute approximate surface area is 106 Å². The molecule has 0 unspecified atom stereocenters. The van der Waals surface area contributed by atoms with E-state index in [4.69, 9.17) is 5.73 Å². The van der Waals surface area contributed by atoms with Gasteiger partial charge in [0.15, 0.2) is 4.34 Å². The van der Waals surface area contributed by atoms with Crippen molar-refractivity contribution in [2.24, 2.45) is 0 Å². The van der Waals surface area contributed by atoms with Crippen molar-refractivity contribution in [3.8, 4) is 0 Å². The van der Waals surface area contributed by atoms with Crippen LogP contribution < -0.4 is 5.73 Å². The van der Waals surface area contributed by atoms with Crippen LogP contribution in [0, 0.1) is 0 Å². The van der Waals surface area contributed by atoms with E-state index in [2.05, 4.69) is 15.2 Å². The molecule has 6 heteroatoms. The maximum absolute atomic E-state index is 5.92. The van der Waals surface area contributed by atoms with Crippen LogP contribution in [0.5, 0.6) is 0 Å². The summed E-state index contributed by atoms with van der Waals surface area (Å²) in [6, 6.07) is 5.87. The van der Waals surface area contributed by atoms with Crippen LogP contribution in [0.4, 0.5) is 5.69 Å². The van der Waals surface area contributed by atoms with Crippen molar-refractivity contribution in [2.75, 3.05) is 5.73 Å². The van der Waals surface area contributed by atoms with E-state index in [1.165, 1.54) is 11.3 Å². The van der Waals surface area contributed by atoms with Gasteiger partial charge in [-0.2, -0.15) is 0 Å². The fourth-order valence-corrected chi connectivity index (χ4v) is 3.14. The Bertz CT molecular complexity index is 652. The van der Waals surface area contributed by atoms with Gasteiger partial charge in [-0.15, -0.1) is 10.2 Å². The third-order valence-corrected chi connectivity index (χ3v) is 4.20. The van der Waals surface area contributed by atoms with Crippen molar-refractivity contribution in [3.63, 3.8) is 0 Å². The lowest BCUT2D eigenvalue weighted by atomic mass is 10.1. The predicted molar refractivity (Wildman–Crippen MR) is 70.2 cm³/mol. The first-order valence-corrected chi connectivity index (χ1v) is 6.60. The Hall–Kier alpha value is -1.66. The molecule has 0 spiro atoms. The van der Waals surface area contributed by atoms with Crippen molar-refractivity contribution in [1.82, 2.24) is 15.2 Å². The van der Waals surface area contributed by atoms with Crippen LogP contribution in [0.2, 0.25) is 0 Å². The molecular weight excluding hydrogens is 252 g/mol. The van der Waals surface area contributed by atoms with Gasteiger partial charge in [0.2, 0.25) is 0 Å². The highest BCUT2D eigenvalue weighted by Gasteiger charge is 2.07. The summed E-state index contributed by atoms with van der Waals surface area (Å²) in [4.78, 5) is 5.22. The Balaban J connectivity index is 2.14. The van der Waals surface area contributed by atoms with E-state index >= 15 is 0 Å². The van der Waals surface area contributed by atoms with Crippen LogP contribution >= 0.6 is 23.1 Å². The highest BCUT2D eigenvalue weighted by atomic mass is 32.2. The monoisotopic (exact) mass is 260 g/mol. The van der Waals surface area contributed by atoms with Crippen molar-refractivity contribution in [1.29, 1.82) is 0 Å². The zero-order valence-corrected chi connectivity index (χ0v) is 10.3. The number of aromatic nitrogens is 3. The molecule has 0 radical (unpaired) electrons. The number of rotatable bonds is 2. The first-order valence-electron chi connectivity index (χ1n) is 4.91. The number of fused-ring (bicyclic) bond motifs is 1. The highest BCUT2D eigenvalue weighted by molar-refractivity contribution is 8.01. The number of benzene rings is 1. The third-order valence-electron chi connectivity index (χ3n) is 2.35. The van der Waals surface area contributed by atoms with Crippen molar-refractivity contribution < 1.29 is 0 Å². The average Bonchev–Trinajstić information content (AvgIpc) is 2.86. The standard InChI is InChI=1S/C11H8N4S2/c12-9-1-2-10(17-11-15-14-6-16-11)7-3-4-13-5-8(7)9/h1-6H,12H2. The molecule has 3 aromatic rings. The molecule has 2 N–H and O–H groups in total. The first kappa shape index (κ1) is 10.5. The van der Waals surface area contributed by atoms with Gasteiger partial charge < -0.3 is 5.73 Å². The lowest BCUT2D eigenvalue weighted by molar-refractivity contribution is 1.01. The number of hydrogen-bond acceptors (Lipinski definition) is 6. The molecular formula is C11H8N4S2. The van der Waals surface area contributed by atoms with Crippen molar-refractivity contribution >= 4 is 39.6 Å². The van der Waals surface area contributed by atoms with Gasteiger partial charge in [0.05, 0.1) is 0 Å². The van der Waals surface area contributed by atoms with Crippen LogP contribution in [0.3, 0.4) is 0 Å².